The fraction of sp³-hybridized carbons (Fsp3) is 0.740. The average molecular weight is 751 g/mol. The van der Waals surface area contributed by atoms with Crippen LogP contribution in [0.5, 0.6) is 11.5 Å². The molecule has 0 spiro atoms. The summed E-state index contributed by atoms with van der Waals surface area (Å²) in [5.41, 5.74) is 5.93. The Morgan fingerprint density at radius 1 is 0.500 bits per heavy atom. The smallest absolute Gasteiger partial charge is 0.306 e. The second kappa shape index (κ2) is 23.5. The predicted octanol–water partition coefficient (Wildman–Crippen LogP) is 15.0. The molecular weight excluding hydrogens is 665 g/mol. The molecule has 0 aliphatic carbocycles. The Kier molecular flexibility index (Phi) is 21.6. The number of phenolic OH excluding ortho intramolecular Hbond substituents is 2. The number of rotatable bonds is 20. The van der Waals surface area contributed by atoms with Crippen LogP contribution < -0.4 is 0 Å². The zero-order chi connectivity index (χ0) is 41.2. The second-order valence-corrected chi connectivity index (χ2v) is 20.3. The van der Waals surface area contributed by atoms with Crippen LogP contribution in [-0.2, 0) is 37.6 Å². The molecule has 0 aliphatic heterocycles. The lowest BCUT2D eigenvalue weighted by atomic mass is 9.78. The van der Waals surface area contributed by atoms with E-state index in [1.165, 1.54) is 95.5 Å². The van der Waals surface area contributed by atoms with E-state index in [1.807, 2.05) is 0 Å². The van der Waals surface area contributed by atoms with Gasteiger partial charge in [-0.1, -0.05) is 216 Å². The quantitative estimate of drug-likeness (QED) is 0.104. The average Bonchev–Trinajstić information content (AvgIpc) is 3.04. The van der Waals surface area contributed by atoms with Crippen molar-refractivity contribution in [2.75, 3.05) is 6.61 Å². The first kappa shape index (κ1) is 49.5. The first-order valence-corrected chi connectivity index (χ1v) is 21.9. The number of unbranched alkanes of at least 4 members (excludes halogenated alkanes) is 15. The van der Waals surface area contributed by atoms with E-state index >= 15 is 0 Å². The number of carbonyl (C=O) groups is 1. The summed E-state index contributed by atoms with van der Waals surface area (Å²) < 4.78 is 5.51. The van der Waals surface area contributed by atoms with Gasteiger partial charge in [-0.25, -0.2) is 0 Å². The molecular formula is C50H86O4. The summed E-state index contributed by atoms with van der Waals surface area (Å²) in [4.78, 5) is 12.3. The second-order valence-electron chi connectivity index (χ2n) is 20.3. The summed E-state index contributed by atoms with van der Waals surface area (Å²) >= 11 is 0. The Labute approximate surface area is 334 Å². The molecule has 0 bridgehead atoms. The molecule has 2 rings (SSSR count). The third kappa shape index (κ3) is 19.4. The van der Waals surface area contributed by atoms with Crippen LogP contribution in [0.3, 0.4) is 0 Å². The van der Waals surface area contributed by atoms with Gasteiger partial charge < -0.3 is 14.9 Å². The van der Waals surface area contributed by atoms with Crippen molar-refractivity contribution in [3.63, 3.8) is 0 Å². The standard InChI is InChI=1S/C35H62O3.C15H24O/c1-8-9-10-11-12-13-14-15-16-17-18-19-20-21-22-23-26-38-32(36)25-24-29-27-30(34(2,3)4)33(37)31(28-29)35(5,6)7;1-10-8-11(14(2,3)4)13(16)12(9-10)15(5,6)7/h27-28,37H,8-26H2,1-7H3;8-9,16H,1-7H3. The summed E-state index contributed by atoms with van der Waals surface area (Å²) in [6, 6.07) is 8.30. The molecule has 0 unspecified atom stereocenters. The molecule has 2 aromatic rings. The normalized spacial score (nSPS) is 12.4. The van der Waals surface area contributed by atoms with Crippen LogP contribution >= 0.6 is 0 Å². The van der Waals surface area contributed by atoms with E-state index < -0.39 is 0 Å². The summed E-state index contributed by atoms with van der Waals surface area (Å²) in [6.07, 6.45) is 22.5. The maximum atomic E-state index is 12.3. The molecule has 0 saturated carbocycles. The van der Waals surface area contributed by atoms with Crippen molar-refractivity contribution in [3.8, 4) is 11.5 Å². The molecule has 0 heterocycles. The van der Waals surface area contributed by atoms with Gasteiger partial charge in [-0.3, -0.25) is 4.79 Å². The van der Waals surface area contributed by atoms with Gasteiger partial charge in [0.2, 0.25) is 0 Å². The summed E-state index contributed by atoms with van der Waals surface area (Å²) in [5.74, 6) is 0.735. The number of hydrogen-bond donors (Lipinski definition) is 2. The van der Waals surface area contributed by atoms with E-state index in [2.05, 4.69) is 121 Å². The highest BCUT2D eigenvalue weighted by molar-refractivity contribution is 5.69. The predicted molar refractivity (Wildman–Crippen MR) is 235 cm³/mol. The van der Waals surface area contributed by atoms with Gasteiger partial charge in [0, 0.05) is 6.42 Å². The molecule has 0 atom stereocenters. The first-order valence-electron chi connectivity index (χ1n) is 21.9. The topological polar surface area (TPSA) is 66.8 Å². The van der Waals surface area contributed by atoms with Crippen LogP contribution in [-0.4, -0.2) is 22.8 Å². The minimum absolute atomic E-state index is 0.0178. The fourth-order valence-electron chi connectivity index (χ4n) is 7.06. The van der Waals surface area contributed by atoms with Crippen LogP contribution in [0.25, 0.3) is 0 Å². The van der Waals surface area contributed by atoms with Gasteiger partial charge in [0.1, 0.15) is 11.5 Å². The van der Waals surface area contributed by atoms with Crippen molar-refractivity contribution in [1.29, 1.82) is 0 Å². The number of carbonyl (C=O) groups excluding carboxylic acids is 1. The molecule has 0 radical (unpaired) electrons. The van der Waals surface area contributed by atoms with E-state index in [4.69, 9.17) is 4.74 Å². The molecule has 2 aromatic carbocycles. The number of hydrogen-bond acceptors (Lipinski definition) is 4. The van der Waals surface area contributed by atoms with Gasteiger partial charge in [0.25, 0.3) is 0 Å². The third-order valence-electron chi connectivity index (χ3n) is 10.5. The van der Waals surface area contributed by atoms with Crippen LogP contribution in [0.15, 0.2) is 24.3 Å². The first-order chi connectivity index (χ1) is 25.0. The van der Waals surface area contributed by atoms with Gasteiger partial charge >= 0.3 is 5.97 Å². The van der Waals surface area contributed by atoms with Crippen LogP contribution in [0.1, 0.15) is 233 Å². The molecule has 0 aliphatic rings. The largest absolute Gasteiger partial charge is 0.507 e. The van der Waals surface area contributed by atoms with E-state index in [0.717, 1.165) is 40.7 Å². The maximum Gasteiger partial charge on any atom is 0.306 e. The van der Waals surface area contributed by atoms with Gasteiger partial charge in [-0.2, -0.15) is 0 Å². The highest BCUT2D eigenvalue weighted by Crippen LogP contribution is 2.41. The molecule has 310 valence electrons. The number of aryl methyl sites for hydroxylation is 2. The van der Waals surface area contributed by atoms with Crippen molar-refractivity contribution >= 4 is 5.97 Å². The van der Waals surface area contributed by atoms with E-state index in [-0.39, 0.29) is 27.6 Å². The SMILES string of the molecule is CCCCCCCCCCCCCCCCCCOC(=O)CCc1cc(C(C)(C)C)c(O)c(C(C)(C)C)c1.Cc1cc(C(C)(C)C)c(O)c(C(C)(C)C)c1. The number of aromatic hydroxyl groups is 2. The lowest BCUT2D eigenvalue weighted by Crippen LogP contribution is -2.18. The lowest BCUT2D eigenvalue weighted by molar-refractivity contribution is -0.143. The maximum absolute atomic E-state index is 12.3. The molecule has 0 saturated heterocycles. The van der Waals surface area contributed by atoms with E-state index in [0.29, 0.717) is 30.9 Å². The number of phenols is 2. The Morgan fingerprint density at radius 3 is 1.11 bits per heavy atom. The van der Waals surface area contributed by atoms with Gasteiger partial charge in [-0.05, 0) is 69.2 Å². The molecule has 0 aromatic heterocycles. The minimum Gasteiger partial charge on any atom is -0.507 e. The van der Waals surface area contributed by atoms with Crippen LogP contribution in [0.4, 0.5) is 0 Å². The Balaban J connectivity index is 0.000000755. The number of benzene rings is 2. The number of esters is 1. The molecule has 0 amide bonds. The van der Waals surface area contributed by atoms with Crippen LogP contribution in [0, 0.1) is 6.92 Å². The zero-order valence-electron chi connectivity index (χ0n) is 38.0. The zero-order valence-corrected chi connectivity index (χ0v) is 38.0. The molecule has 4 heteroatoms. The van der Waals surface area contributed by atoms with Crippen LogP contribution in [0.2, 0.25) is 0 Å². The fourth-order valence-corrected chi connectivity index (χ4v) is 7.06. The third-order valence-corrected chi connectivity index (χ3v) is 10.5. The Morgan fingerprint density at radius 2 is 0.796 bits per heavy atom. The highest BCUT2D eigenvalue weighted by atomic mass is 16.5. The van der Waals surface area contributed by atoms with Crippen molar-refractivity contribution in [3.05, 3.63) is 57.6 Å². The summed E-state index contributed by atoms with van der Waals surface area (Å²) in [6.45, 7) is 30.4. The summed E-state index contributed by atoms with van der Waals surface area (Å²) in [5, 5.41) is 21.3. The highest BCUT2D eigenvalue weighted by Gasteiger charge is 2.27. The number of ether oxygens (including phenoxy) is 1. The van der Waals surface area contributed by atoms with Gasteiger partial charge in [0.15, 0.2) is 0 Å². The monoisotopic (exact) mass is 751 g/mol. The minimum atomic E-state index is -0.159. The van der Waals surface area contributed by atoms with E-state index in [9.17, 15) is 15.0 Å². The summed E-state index contributed by atoms with van der Waals surface area (Å²) in [7, 11) is 0. The van der Waals surface area contributed by atoms with Gasteiger partial charge in [-0.15, -0.1) is 0 Å². The van der Waals surface area contributed by atoms with Crippen molar-refractivity contribution < 1.29 is 19.7 Å². The molecule has 0 fully saturated rings. The Bertz CT molecular complexity index is 1290. The van der Waals surface area contributed by atoms with Crippen molar-refractivity contribution in [2.45, 2.75) is 234 Å². The van der Waals surface area contributed by atoms with Crippen molar-refractivity contribution in [1.82, 2.24) is 0 Å². The van der Waals surface area contributed by atoms with E-state index in [1.54, 1.807) is 0 Å². The molecule has 4 nitrogen and oxygen atoms in total. The molecule has 54 heavy (non-hydrogen) atoms. The van der Waals surface area contributed by atoms with Gasteiger partial charge in [0.05, 0.1) is 6.61 Å². The van der Waals surface area contributed by atoms with Crippen molar-refractivity contribution in [2.24, 2.45) is 0 Å². The molecule has 2 N–H and O–H groups in total. The lowest BCUT2D eigenvalue weighted by Gasteiger charge is -2.28. The Hall–Kier alpha value is -2.49.